The molecule has 0 fully saturated rings. The fourth-order valence-electron chi connectivity index (χ4n) is 1.63. The number of hydrogen-bond acceptors (Lipinski definition) is 4. The van der Waals surface area contributed by atoms with Crippen molar-refractivity contribution in [3.8, 4) is 0 Å². The molecular weight excluding hydrogens is 176 g/mol. The maximum Gasteiger partial charge on any atom is 0.0253 e. The van der Waals surface area contributed by atoms with E-state index in [1.165, 1.54) is 0 Å². The Morgan fingerprint density at radius 2 is 1.64 bits per heavy atom. The SMILES string of the molecule is CN(C)CCC(N)C(CCN)N(C)C. The molecule has 0 aliphatic carbocycles. The Morgan fingerprint density at radius 3 is 2.00 bits per heavy atom. The Bertz CT molecular complexity index is 136. The summed E-state index contributed by atoms with van der Waals surface area (Å²) in [6.45, 7) is 1.74. The van der Waals surface area contributed by atoms with Crippen molar-refractivity contribution in [1.29, 1.82) is 0 Å². The van der Waals surface area contributed by atoms with E-state index in [1.54, 1.807) is 0 Å². The van der Waals surface area contributed by atoms with Gasteiger partial charge in [0.15, 0.2) is 0 Å². The molecule has 0 aromatic rings. The number of likely N-dealkylation sites (N-methyl/N-ethyl adjacent to an activating group) is 1. The molecule has 4 nitrogen and oxygen atoms in total. The molecule has 0 aliphatic rings. The van der Waals surface area contributed by atoms with Crippen LogP contribution in [-0.2, 0) is 0 Å². The average molecular weight is 202 g/mol. The highest BCUT2D eigenvalue weighted by Gasteiger charge is 2.18. The van der Waals surface area contributed by atoms with Crippen LogP contribution in [0.3, 0.4) is 0 Å². The zero-order valence-electron chi connectivity index (χ0n) is 10.0. The largest absolute Gasteiger partial charge is 0.330 e. The van der Waals surface area contributed by atoms with Gasteiger partial charge in [-0.1, -0.05) is 0 Å². The van der Waals surface area contributed by atoms with Crippen molar-refractivity contribution in [3.63, 3.8) is 0 Å². The van der Waals surface area contributed by atoms with Crippen molar-refractivity contribution < 1.29 is 0 Å². The van der Waals surface area contributed by atoms with E-state index in [9.17, 15) is 0 Å². The Hall–Kier alpha value is -0.160. The highest BCUT2D eigenvalue weighted by molar-refractivity contribution is 4.80. The lowest BCUT2D eigenvalue weighted by atomic mass is 10.0. The molecule has 0 rings (SSSR count). The van der Waals surface area contributed by atoms with Crippen LogP contribution in [0.2, 0.25) is 0 Å². The van der Waals surface area contributed by atoms with Crippen LogP contribution in [0, 0.1) is 0 Å². The summed E-state index contributed by atoms with van der Waals surface area (Å²) in [6.07, 6.45) is 2.00. The number of rotatable bonds is 7. The predicted octanol–water partition coefficient (Wildman–Crippen LogP) is -0.456. The van der Waals surface area contributed by atoms with Crippen molar-refractivity contribution in [2.45, 2.75) is 24.9 Å². The normalized spacial score (nSPS) is 16.3. The molecule has 0 saturated carbocycles. The van der Waals surface area contributed by atoms with Gasteiger partial charge in [0.1, 0.15) is 0 Å². The molecule has 0 spiro atoms. The quantitative estimate of drug-likeness (QED) is 0.587. The third kappa shape index (κ3) is 5.54. The van der Waals surface area contributed by atoms with E-state index in [-0.39, 0.29) is 6.04 Å². The van der Waals surface area contributed by atoms with Crippen molar-refractivity contribution >= 4 is 0 Å². The Kier molecular flexibility index (Phi) is 7.09. The predicted molar refractivity (Wildman–Crippen MR) is 62.3 cm³/mol. The fraction of sp³-hybridized carbons (Fsp3) is 1.00. The second kappa shape index (κ2) is 7.17. The number of nitrogens with two attached hydrogens (primary N) is 2. The van der Waals surface area contributed by atoms with Crippen LogP contribution in [0.1, 0.15) is 12.8 Å². The zero-order valence-corrected chi connectivity index (χ0v) is 10.0. The summed E-state index contributed by atoms with van der Waals surface area (Å²) in [6, 6.07) is 0.621. The van der Waals surface area contributed by atoms with Crippen LogP contribution in [0.4, 0.5) is 0 Å². The van der Waals surface area contributed by atoms with Crippen LogP contribution < -0.4 is 11.5 Å². The molecule has 0 heterocycles. The lowest BCUT2D eigenvalue weighted by Crippen LogP contribution is -2.46. The van der Waals surface area contributed by atoms with Crippen molar-refractivity contribution in [2.24, 2.45) is 11.5 Å². The van der Waals surface area contributed by atoms with E-state index in [1.807, 2.05) is 0 Å². The molecular formula is C10H26N4. The summed E-state index contributed by atoms with van der Waals surface area (Å²) in [7, 11) is 8.27. The lowest BCUT2D eigenvalue weighted by Gasteiger charge is -2.30. The molecule has 4 N–H and O–H groups in total. The first-order valence-electron chi connectivity index (χ1n) is 5.25. The minimum Gasteiger partial charge on any atom is -0.330 e. The smallest absolute Gasteiger partial charge is 0.0253 e. The monoisotopic (exact) mass is 202 g/mol. The van der Waals surface area contributed by atoms with Gasteiger partial charge in [-0.15, -0.1) is 0 Å². The van der Waals surface area contributed by atoms with Gasteiger partial charge in [-0.3, -0.25) is 0 Å². The van der Waals surface area contributed by atoms with Gasteiger partial charge in [-0.25, -0.2) is 0 Å². The van der Waals surface area contributed by atoms with Gasteiger partial charge in [0, 0.05) is 12.1 Å². The summed E-state index contributed by atoms with van der Waals surface area (Å²) >= 11 is 0. The molecule has 0 bridgehead atoms. The first kappa shape index (κ1) is 13.8. The number of nitrogens with zero attached hydrogens (tertiary/aromatic N) is 2. The van der Waals surface area contributed by atoms with Gasteiger partial charge in [-0.05, 0) is 54.1 Å². The number of hydrogen-bond donors (Lipinski definition) is 2. The standard InChI is InChI=1S/C10H26N4/c1-13(2)8-6-9(12)10(5-7-11)14(3)4/h9-10H,5-8,11-12H2,1-4H3. The minimum absolute atomic E-state index is 0.218. The average Bonchev–Trinajstić information content (AvgIpc) is 2.09. The Labute approximate surface area is 88.2 Å². The van der Waals surface area contributed by atoms with Gasteiger partial charge in [-0.2, -0.15) is 0 Å². The van der Waals surface area contributed by atoms with Crippen LogP contribution in [0.5, 0.6) is 0 Å². The van der Waals surface area contributed by atoms with E-state index in [0.717, 1.165) is 19.4 Å². The van der Waals surface area contributed by atoms with Crippen LogP contribution in [-0.4, -0.2) is 63.2 Å². The first-order chi connectivity index (χ1) is 6.49. The van der Waals surface area contributed by atoms with Crippen LogP contribution in [0.25, 0.3) is 0 Å². The summed E-state index contributed by atoms with van der Waals surface area (Å²) in [5, 5.41) is 0. The van der Waals surface area contributed by atoms with Crippen molar-refractivity contribution in [1.82, 2.24) is 9.80 Å². The molecule has 14 heavy (non-hydrogen) atoms. The summed E-state index contributed by atoms with van der Waals surface area (Å²) < 4.78 is 0. The summed E-state index contributed by atoms with van der Waals surface area (Å²) in [4.78, 5) is 4.34. The second-order valence-electron chi connectivity index (χ2n) is 4.36. The second-order valence-corrected chi connectivity index (χ2v) is 4.36. The Morgan fingerprint density at radius 1 is 1.07 bits per heavy atom. The highest BCUT2D eigenvalue weighted by atomic mass is 15.1. The van der Waals surface area contributed by atoms with Gasteiger partial charge >= 0.3 is 0 Å². The summed E-state index contributed by atoms with van der Waals surface area (Å²) in [5.41, 5.74) is 11.7. The maximum atomic E-state index is 6.13. The van der Waals surface area contributed by atoms with Crippen molar-refractivity contribution in [2.75, 3.05) is 41.3 Å². The minimum atomic E-state index is 0.218. The highest BCUT2D eigenvalue weighted by Crippen LogP contribution is 2.06. The van der Waals surface area contributed by atoms with E-state index in [2.05, 4.69) is 38.0 Å². The molecule has 86 valence electrons. The van der Waals surface area contributed by atoms with Gasteiger partial charge in [0.05, 0.1) is 0 Å². The molecule has 0 aliphatic heterocycles. The maximum absolute atomic E-state index is 6.13. The molecule has 0 amide bonds. The topological polar surface area (TPSA) is 58.5 Å². The van der Waals surface area contributed by atoms with Crippen LogP contribution >= 0.6 is 0 Å². The van der Waals surface area contributed by atoms with Crippen LogP contribution in [0.15, 0.2) is 0 Å². The molecule has 0 saturated heterocycles. The fourth-order valence-corrected chi connectivity index (χ4v) is 1.63. The zero-order chi connectivity index (χ0) is 11.1. The Balaban J connectivity index is 3.94. The van der Waals surface area contributed by atoms with Gasteiger partial charge in [0.25, 0.3) is 0 Å². The molecule has 0 aromatic carbocycles. The third-order valence-corrected chi connectivity index (χ3v) is 2.53. The van der Waals surface area contributed by atoms with Gasteiger partial charge in [0.2, 0.25) is 0 Å². The van der Waals surface area contributed by atoms with Gasteiger partial charge < -0.3 is 21.3 Å². The van der Waals surface area contributed by atoms with E-state index < -0.39 is 0 Å². The van der Waals surface area contributed by atoms with Crippen molar-refractivity contribution in [3.05, 3.63) is 0 Å². The first-order valence-corrected chi connectivity index (χ1v) is 5.25. The molecule has 0 radical (unpaired) electrons. The summed E-state index contributed by atoms with van der Waals surface area (Å²) in [5.74, 6) is 0. The molecule has 2 unspecified atom stereocenters. The van der Waals surface area contributed by atoms with E-state index >= 15 is 0 Å². The lowest BCUT2D eigenvalue weighted by molar-refractivity contribution is 0.225. The molecule has 2 atom stereocenters. The molecule has 4 heteroatoms. The van der Waals surface area contributed by atoms with E-state index in [0.29, 0.717) is 12.6 Å². The molecule has 0 aromatic heterocycles. The van der Waals surface area contributed by atoms with E-state index in [4.69, 9.17) is 11.5 Å². The third-order valence-electron chi connectivity index (χ3n) is 2.53.